The molecule has 6 nitrogen and oxygen atoms in total. The molecule has 0 spiro atoms. The Kier molecular flexibility index (Phi) is 3.01. The van der Waals surface area contributed by atoms with Gasteiger partial charge in [-0.2, -0.15) is 5.10 Å². The molecule has 0 aliphatic heterocycles. The molecule has 0 radical (unpaired) electrons. The minimum absolute atomic E-state index is 0.0688. The van der Waals surface area contributed by atoms with Crippen molar-refractivity contribution in [3.8, 4) is 11.1 Å². The van der Waals surface area contributed by atoms with Crippen molar-refractivity contribution in [3.05, 3.63) is 40.1 Å². The Morgan fingerprint density at radius 1 is 1.39 bits per heavy atom. The third-order valence-electron chi connectivity index (χ3n) is 2.87. The molecule has 2 rings (SSSR count). The standard InChI is InChI=1S/C12H14N4O2/c1-3-10-11(12(13)15(2)14-10)8-4-6-9(7-5-8)16(17)18/h4-7H,3,13H2,1-2H3. The van der Waals surface area contributed by atoms with Crippen molar-refractivity contribution in [1.82, 2.24) is 9.78 Å². The minimum Gasteiger partial charge on any atom is -0.383 e. The van der Waals surface area contributed by atoms with Crippen LogP contribution in [0.1, 0.15) is 12.6 Å². The van der Waals surface area contributed by atoms with Crippen LogP contribution in [0.4, 0.5) is 11.5 Å². The van der Waals surface area contributed by atoms with Gasteiger partial charge in [0.1, 0.15) is 5.82 Å². The van der Waals surface area contributed by atoms with Crippen LogP contribution in [0.15, 0.2) is 24.3 Å². The number of nitrogen functional groups attached to an aromatic ring is 1. The monoisotopic (exact) mass is 246 g/mol. The number of nitrogens with zero attached hydrogens (tertiary/aromatic N) is 3. The molecule has 1 aromatic carbocycles. The molecule has 2 aromatic rings. The molecule has 2 N–H and O–H groups in total. The van der Waals surface area contributed by atoms with E-state index < -0.39 is 4.92 Å². The molecule has 0 atom stereocenters. The summed E-state index contributed by atoms with van der Waals surface area (Å²) in [5.41, 5.74) is 8.64. The normalized spacial score (nSPS) is 10.6. The van der Waals surface area contributed by atoms with Crippen molar-refractivity contribution >= 4 is 11.5 Å². The third-order valence-corrected chi connectivity index (χ3v) is 2.87. The summed E-state index contributed by atoms with van der Waals surface area (Å²) in [4.78, 5) is 10.2. The van der Waals surface area contributed by atoms with Crippen LogP contribution in [-0.4, -0.2) is 14.7 Å². The summed E-state index contributed by atoms with van der Waals surface area (Å²) in [6.45, 7) is 2.00. The maximum absolute atomic E-state index is 10.6. The van der Waals surface area contributed by atoms with Crippen LogP contribution in [-0.2, 0) is 13.5 Å². The predicted octanol–water partition coefficient (Wildman–Crippen LogP) is 2.14. The summed E-state index contributed by atoms with van der Waals surface area (Å²) < 4.78 is 1.62. The van der Waals surface area contributed by atoms with Gasteiger partial charge >= 0.3 is 0 Å². The first-order valence-corrected chi connectivity index (χ1v) is 5.60. The molecular weight excluding hydrogens is 232 g/mol. The highest BCUT2D eigenvalue weighted by Crippen LogP contribution is 2.30. The van der Waals surface area contributed by atoms with Crippen LogP contribution >= 0.6 is 0 Å². The minimum atomic E-state index is -0.420. The van der Waals surface area contributed by atoms with Crippen LogP contribution in [0.5, 0.6) is 0 Å². The fourth-order valence-corrected chi connectivity index (χ4v) is 1.91. The number of benzene rings is 1. The molecule has 0 saturated heterocycles. The fourth-order valence-electron chi connectivity index (χ4n) is 1.91. The molecule has 0 bridgehead atoms. The lowest BCUT2D eigenvalue weighted by molar-refractivity contribution is -0.384. The Hall–Kier alpha value is -2.37. The molecule has 94 valence electrons. The van der Waals surface area contributed by atoms with Crippen LogP contribution in [0.2, 0.25) is 0 Å². The molecular formula is C12H14N4O2. The van der Waals surface area contributed by atoms with Gasteiger partial charge in [-0.1, -0.05) is 6.92 Å². The van der Waals surface area contributed by atoms with E-state index in [1.807, 2.05) is 6.92 Å². The Bertz CT molecular complexity index is 587. The topological polar surface area (TPSA) is 87.0 Å². The van der Waals surface area contributed by atoms with Gasteiger partial charge < -0.3 is 5.73 Å². The number of aryl methyl sites for hydroxylation is 2. The van der Waals surface area contributed by atoms with Gasteiger partial charge in [-0.05, 0) is 24.1 Å². The summed E-state index contributed by atoms with van der Waals surface area (Å²) in [7, 11) is 1.78. The lowest BCUT2D eigenvalue weighted by Crippen LogP contribution is -1.98. The first-order valence-electron chi connectivity index (χ1n) is 5.60. The molecule has 1 aromatic heterocycles. The number of hydrogen-bond acceptors (Lipinski definition) is 4. The fraction of sp³-hybridized carbons (Fsp3) is 0.250. The van der Waals surface area contributed by atoms with Gasteiger partial charge in [0.05, 0.1) is 10.6 Å². The Labute approximate surface area is 104 Å². The lowest BCUT2D eigenvalue weighted by Gasteiger charge is -2.02. The quantitative estimate of drug-likeness (QED) is 0.664. The lowest BCUT2D eigenvalue weighted by atomic mass is 10.0. The van der Waals surface area contributed by atoms with Crippen molar-refractivity contribution in [3.63, 3.8) is 0 Å². The van der Waals surface area contributed by atoms with Gasteiger partial charge in [-0.25, -0.2) is 0 Å². The first kappa shape index (κ1) is 12.1. The van der Waals surface area contributed by atoms with Crippen molar-refractivity contribution in [1.29, 1.82) is 0 Å². The maximum atomic E-state index is 10.6. The maximum Gasteiger partial charge on any atom is 0.269 e. The molecule has 0 aliphatic carbocycles. The van der Waals surface area contributed by atoms with Crippen molar-refractivity contribution in [2.75, 3.05) is 5.73 Å². The van der Waals surface area contributed by atoms with Gasteiger partial charge in [0, 0.05) is 24.7 Å². The molecule has 0 amide bonds. The number of hydrogen-bond donors (Lipinski definition) is 1. The second kappa shape index (κ2) is 4.48. The van der Waals surface area contributed by atoms with Gasteiger partial charge in [0.25, 0.3) is 5.69 Å². The van der Waals surface area contributed by atoms with Gasteiger partial charge in [-0.15, -0.1) is 0 Å². The number of anilines is 1. The van der Waals surface area contributed by atoms with E-state index in [0.717, 1.165) is 23.2 Å². The highest BCUT2D eigenvalue weighted by atomic mass is 16.6. The van der Waals surface area contributed by atoms with E-state index in [-0.39, 0.29) is 5.69 Å². The molecule has 6 heteroatoms. The number of aromatic nitrogens is 2. The number of nitro groups is 1. The highest BCUT2D eigenvalue weighted by Gasteiger charge is 2.15. The van der Waals surface area contributed by atoms with E-state index in [1.54, 1.807) is 23.9 Å². The van der Waals surface area contributed by atoms with Crippen molar-refractivity contribution in [2.45, 2.75) is 13.3 Å². The van der Waals surface area contributed by atoms with E-state index in [1.165, 1.54) is 12.1 Å². The zero-order chi connectivity index (χ0) is 13.3. The number of nitrogens with two attached hydrogens (primary N) is 1. The number of rotatable bonds is 3. The van der Waals surface area contributed by atoms with E-state index in [4.69, 9.17) is 5.73 Å². The van der Waals surface area contributed by atoms with E-state index in [2.05, 4.69) is 5.10 Å². The Morgan fingerprint density at radius 3 is 2.50 bits per heavy atom. The van der Waals surface area contributed by atoms with Crippen molar-refractivity contribution < 1.29 is 4.92 Å². The molecule has 18 heavy (non-hydrogen) atoms. The Morgan fingerprint density at radius 2 is 2.00 bits per heavy atom. The molecule has 1 heterocycles. The average Bonchev–Trinajstić information content (AvgIpc) is 2.65. The highest BCUT2D eigenvalue weighted by molar-refractivity contribution is 5.77. The Balaban J connectivity index is 2.51. The second-order valence-electron chi connectivity index (χ2n) is 3.99. The molecule has 0 unspecified atom stereocenters. The van der Waals surface area contributed by atoms with Crippen LogP contribution in [0.3, 0.4) is 0 Å². The van der Waals surface area contributed by atoms with Crippen LogP contribution in [0, 0.1) is 10.1 Å². The van der Waals surface area contributed by atoms with Crippen LogP contribution < -0.4 is 5.73 Å². The molecule has 0 saturated carbocycles. The summed E-state index contributed by atoms with van der Waals surface area (Å²) in [6, 6.07) is 6.35. The zero-order valence-electron chi connectivity index (χ0n) is 10.3. The van der Waals surface area contributed by atoms with Crippen molar-refractivity contribution in [2.24, 2.45) is 7.05 Å². The zero-order valence-corrected chi connectivity index (χ0v) is 10.3. The van der Waals surface area contributed by atoms with Gasteiger partial charge in [0.2, 0.25) is 0 Å². The summed E-state index contributed by atoms with van der Waals surface area (Å²) >= 11 is 0. The first-order chi connectivity index (χ1) is 8.54. The SMILES string of the molecule is CCc1nn(C)c(N)c1-c1ccc([N+](=O)[O-])cc1. The van der Waals surface area contributed by atoms with E-state index in [0.29, 0.717) is 5.82 Å². The second-order valence-corrected chi connectivity index (χ2v) is 3.99. The molecule has 0 fully saturated rings. The van der Waals surface area contributed by atoms with E-state index in [9.17, 15) is 10.1 Å². The molecule has 0 aliphatic rings. The van der Waals surface area contributed by atoms with Crippen LogP contribution in [0.25, 0.3) is 11.1 Å². The summed E-state index contributed by atoms with van der Waals surface area (Å²) in [5, 5.41) is 14.9. The number of nitro benzene ring substituents is 1. The average molecular weight is 246 g/mol. The predicted molar refractivity (Wildman–Crippen MR) is 69.1 cm³/mol. The van der Waals surface area contributed by atoms with E-state index >= 15 is 0 Å². The van der Waals surface area contributed by atoms with Gasteiger partial charge in [0.15, 0.2) is 0 Å². The summed E-state index contributed by atoms with van der Waals surface area (Å²) in [6.07, 6.45) is 0.761. The summed E-state index contributed by atoms with van der Waals surface area (Å²) in [5.74, 6) is 0.570. The number of non-ortho nitro benzene ring substituents is 1. The van der Waals surface area contributed by atoms with Gasteiger partial charge in [-0.3, -0.25) is 14.8 Å². The smallest absolute Gasteiger partial charge is 0.269 e. The largest absolute Gasteiger partial charge is 0.383 e. The third kappa shape index (κ3) is 1.92.